The van der Waals surface area contributed by atoms with E-state index in [1.54, 1.807) is 14.2 Å². The summed E-state index contributed by atoms with van der Waals surface area (Å²) in [6.07, 6.45) is 1.82. The Kier molecular flexibility index (Phi) is 4.28. The number of nitrogens with zero attached hydrogens (tertiary/aromatic N) is 1. The zero-order valence-corrected chi connectivity index (χ0v) is 13.3. The normalized spacial score (nSPS) is 14.5. The van der Waals surface area contributed by atoms with Gasteiger partial charge in [-0.2, -0.15) is 0 Å². The number of rotatable bonds is 5. The molecular weight excluding hydrogens is 288 g/mol. The highest BCUT2D eigenvalue weighted by Crippen LogP contribution is 2.32. The summed E-state index contributed by atoms with van der Waals surface area (Å²) in [4.78, 5) is 4.44. The van der Waals surface area contributed by atoms with Crippen LogP contribution in [-0.2, 0) is 15.3 Å². The van der Waals surface area contributed by atoms with Crippen LogP contribution < -0.4 is 5.73 Å². The Balaban J connectivity index is 1.98. The van der Waals surface area contributed by atoms with Crippen LogP contribution in [0.5, 0.6) is 0 Å². The van der Waals surface area contributed by atoms with Gasteiger partial charge in [0.2, 0.25) is 5.79 Å². The van der Waals surface area contributed by atoms with Crippen molar-refractivity contribution in [1.82, 2.24) is 0 Å². The standard InChI is InChI=1S/C19H20N2O2/c1-22-19(23-2,18-12-17(20)13-21-18)16-10-8-15(9-11-16)14-6-4-3-5-7-14/h3-12H,13,20H2,1-2H3. The predicted molar refractivity (Wildman–Crippen MR) is 92.1 cm³/mol. The minimum absolute atomic E-state index is 0.478. The van der Waals surface area contributed by atoms with E-state index < -0.39 is 5.79 Å². The van der Waals surface area contributed by atoms with Crippen molar-refractivity contribution in [2.45, 2.75) is 5.79 Å². The fraction of sp³-hybridized carbons (Fsp3) is 0.211. The van der Waals surface area contributed by atoms with Crippen LogP contribution in [0, 0.1) is 0 Å². The molecule has 0 saturated carbocycles. The molecule has 0 bridgehead atoms. The molecule has 2 aromatic carbocycles. The highest BCUT2D eigenvalue weighted by atomic mass is 16.7. The second kappa shape index (κ2) is 6.36. The topological polar surface area (TPSA) is 56.8 Å². The lowest BCUT2D eigenvalue weighted by molar-refractivity contribution is -0.160. The fourth-order valence-electron chi connectivity index (χ4n) is 2.83. The van der Waals surface area contributed by atoms with Crippen LogP contribution in [0.1, 0.15) is 5.56 Å². The van der Waals surface area contributed by atoms with Gasteiger partial charge in [-0.1, -0.05) is 54.6 Å². The van der Waals surface area contributed by atoms with E-state index in [0.29, 0.717) is 18.0 Å². The van der Waals surface area contributed by atoms with E-state index in [2.05, 4.69) is 29.3 Å². The molecule has 1 aliphatic rings. The third-order valence-electron chi connectivity index (χ3n) is 4.04. The summed E-state index contributed by atoms with van der Waals surface area (Å²) in [5.74, 6) is -1.03. The summed E-state index contributed by atoms with van der Waals surface area (Å²) in [5, 5.41) is 0. The van der Waals surface area contributed by atoms with Gasteiger partial charge in [-0.05, 0) is 17.2 Å². The number of ether oxygens (including phenoxy) is 2. The predicted octanol–water partition coefficient (Wildman–Crippen LogP) is 3.10. The Morgan fingerprint density at radius 3 is 2.04 bits per heavy atom. The van der Waals surface area contributed by atoms with Crippen LogP contribution in [0.4, 0.5) is 0 Å². The molecule has 0 fully saturated rings. The van der Waals surface area contributed by atoms with E-state index >= 15 is 0 Å². The minimum Gasteiger partial charge on any atom is -0.400 e. The summed E-state index contributed by atoms with van der Waals surface area (Å²) in [7, 11) is 3.22. The highest BCUT2D eigenvalue weighted by Gasteiger charge is 2.38. The largest absolute Gasteiger partial charge is 0.400 e. The minimum atomic E-state index is -1.03. The first-order valence-electron chi connectivity index (χ1n) is 7.47. The van der Waals surface area contributed by atoms with Gasteiger partial charge in [-0.15, -0.1) is 0 Å². The first kappa shape index (κ1) is 15.5. The third-order valence-corrected chi connectivity index (χ3v) is 4.04. The molecule has 0 spiro atoms. The molecule has 4 nitrogen and oxygen atoms in total. The SMILES string of the molecule is COC(OC)(C1=NCC(N)=C1)c1ccc(-c2ccccc2)cc1. The molecule has 0 aliphatic carbocycles. The molecule has 1 heterocycles. The van der Waals surface area contributed by atoms with Gasteiger partial charge in [0.05, 0.1) is 6.54 Å². The lowest BCUT2D eigenvalue weighted by atomic mass is 9.97. The number of hydrogen-bond acceptors (Lipinski definition) is 4. The van der Waals surface area contributed by atoms with Crippen LogP contribution in [0.2, 0.25) is 0 Å². The van der Waals surface area contributed by atoms with E-state index in [1.165, 1.54) is 5.56 Å². The Labute approximate surface area is 136 Å². The maximum Gasteiger partial charge on any atom is 0.238 e. The van der Waals surface area contributed by atoms with Crippen LogP contribution in [0.25, 0.3) is 11.1 Å². The molecule has 118 valence electrons. The molecule has 0 atom stereocenters. The quantitative estimate of drug-likeness (QED) is 0.864. The lowest BCUT2D eigenvalue weighted by Crippen LogP contribution is -2.38. The average molecular weight is 308 g/mol. The third kappa shape index (κ3) is 2.79. The number of methoxy groups -OCH3 is 2. The van der Waals surface area contributed by atoms with Crippen molar-refractivity contribution in [1.29, 1.82) is 0 Å². The molecule has 0 aromatic heterocycles. The molecule has 1 aliphatic heterocycles. The smallest absolute Gasteiger partial charge is 0.238 e. The maximum atomic E-state index is 5.84. The second-order valence-corrected chi connectivity index (χ2v) is 5.39. The molecular formula is C19H20N2O2. The van der Waals surface area contributed by atoms with Gasteiger partial charge < -0.3 is 15.2 Å². The van der Waals surface area contributed by atoms with E-state index in [1.807, 2.05) is 36.4 Å². The van der Waals surface area contributed by atoms with Crippen molar-refractivity contribution >= 4 is 5.71 Å². The summed E-state index contributed by atoms with van der Waals surface area (Å²) < 4.78 is 11.4. The molecule has 3 rings (SSSR count). The molecule has 23 heavy (non-hydrogen) atoms. The second-order valence-electron chi connectivity index (χ2n) is 5.39. The number of aliphatic imine (C=N–C) groups is 1. The van der Waals surface area contributed by atoms with E-state index in [9.17, 15) is 0 Å². The molecule has 4 heteroatoms. The van der Waals surface area contributed by atoms with Gasteiger partial charge in [0, 0.05) is 25.5 Å². The summed E-state index contributed by atoms with van der Waals surface area (Å²) in [5.41, 5.74) is 10.4. The maximum absolute atomic E-state index is 5.84. The van der Waals surface area contributed by atoms with E-state index in [-0.39, 0.29) is 0 Å². The monoisotopic (exact) mass is 308 g/mol. The van der Waals surface area contributed by atoms with Gasteiger partial charge in [-0.3, -0.25) is 4.99 Å². The number of hydrogen-bond donors (Lipinski definition) is 1. The van der Waals surface area contributed by atoms with Crippen LogP contribution >= 0.6 is 0 Å². The lowest BCUT2D eigenvalue weighted by Gasteiger charge is -2.30. The van der Waals surface area contributed by atoms with Gasteiger partial charge >= 0.3 is 0 Å². The van der Waals surface area contributed by atoms with Crippen molar-refractivity contribution < 1.29 is 9.47 Å². The Morgan fingerprint density at radius 1 is 0.913 bits per heavy atom. The van der Waals surface area contributed by atoms with E-state index in [0.717, 1.165) is 11.1 Å². The molecule has 0 radical (unpaired) electrons. The van der Waals surface area contributed by atoms with Gasteiger partial charge in [0.1, 0.15) is 5.71 Å². The Hall–Kier alpha value is -2.43. The first-order chi connectivity index (χ1) is 11.2. The van der Waals surface area contributed by atoms with Gasteiger partial charge in [0.15, 0.2) is 0 Å². The average Bonchev–Trinajstić information content (AvgIpc) is 3.05. The van der Waals surface area contributed by atoms with Crippen molar-refractivity contribution in [3.8, 4) is 11.1 Å². The van der Waals surface area contributed by atoms with Gasteiger partial charge in [-0.25, -0.2) is 0 Å². The molecule has 0 amide bonds. The molecule has 0 unspecified atom stereocenters. The Bertz CT molecular complexity index is 730. The molecule has 2 N–H and O–H groups in total. The zero-order chi connectivity index (χ0) is 16.3. The summed E-state index contributed by atoms with van der Waals surface area (Å²) in [6.45, 7) is 0.478. The van der Waals surface area contributed by atoms with Crippen LogP contribution in [0.3, 0.4) is 0 Å². The molecule has 2 aromatic rings. The first-order valence-corrected chi connectivity index (χ1v) is 7.47. The summed E-state index contributed by atoms with van der Waals surface area (Å²) >= 11 is 0. The van der Waals surface area contributed by atoms with Gasteiger partial charge in [0.25, 0.3) is 0 Å². The van der Waals surface area contributed by atoms with Crippen molar-refractivity contribution in [3.05, 3.63) is 71.9 Å². The van der Waals surface area contributed by atoms with Crippen LogP contribution in [0.15, 0.2) is 71.4 Å². The number of nitrogens with two attached hydrogens (primary N) is 1. The van der Waals surface area contributed by atoms with E-state index in [4.69, 9.17) is 15.2 Å². The van der Waals surface area contributed by atoms with Crippen LogP contribution in [-0.4, -0.2) is 26.5 Å². The Morgan fingerprint density at radius 2 is 1.52 bits per heavy atom. The van der Waals surface area contributed by atoms with Crippen molar-refractivity contribution in [2.24, 2.45) is 10.7 Å². The molecule has 0 saturated heterocycles. The summed E-state index contributed by atoms with van der Waals surface area (Å²) in [6, 6.07) is 18.3. The van der Waals surface area contributed by atoms with Crippen molar-refractivity contribution in [3.63, 3.8) is 0 Å². The zero-order valence-electron chi connectivity index (χ0n) is 13.3. The number of benzene rings is 2. The highest BCUT2D eigenvalue weighted by molar-refractivity contribution is 6.03. The fourth-order valence-corrected chi connectivity index (χ4v) is 2.83. The van der Waals surface area contributed by atoms with Crippen molar-refractivity contribution in [2.75, 3.05) is 20.8 Å².